The summed E-state index contributed by atoms with van der Waals surface area (Å²) in [6.07, 6.45) is 8.56. The SMILES string of the molecule is COCCn1cncc1CN1CC[C@]2(OC)CC[C@H](OC)C[C@H]12. The fourth-order valence-electron chi connectivity index (χ4n) is 4.24. The number of rotatable bonds is 7. The van der Waals surface area contributed by atoms with Crippen LogP contribution in [0.3, 0.4) is 0 Å². The highest BCUT2D eigenvalue weighted by molar-refractivity contribution is 5.08. The van der Waals surface area contributed by atoms with E-state index in [2.05, 4.69) is 14.5 Å². The van der Waals surface area contributed by atoms with Crippen molar-refractivity contribution in [3.05, 3.63) is 18.2 Å². The van der Waals surface area contributed by atoms with Gasteiger partial charge < -0.3 is 18.8 Å². The van der Waals surface area contributed by atoms with Crippen LogP contribution in [0.4, 0.5) is 0 Å². The summed E-state index contributed by atoms with van der Waals surface area (Å²) >= 11 is 0. The average molecular weight is 323 g/mol. The number of ether oxygens (including phenoxy) is 3. The van der Waals surface area contributed by atoms with Gasteiger partial charge >= 0.3 is 0 Å². The number of fused-ring (bicyclic) bond motifs is 1. The van der Waals surface area contributed by atoms with Gasteiger partial charge in [-0.3, -0.25) is 4.90 Å². The molecule has 6 heteroatoms. The molecule has 2 fully saturated rings. The lowest BCUT2D eigenvalue weighted by Gasteiger charge is -2.43. The second-order valence-electron chi connectivity index (χ2n) is 6.71. The summed E-state index contributed by atoms with van der Waals surface area (Å²) in [6, 6.07) is 0.428. The Balaban J connectivity index is 1.72. The zero-order valence-electron chi connectivity index (χ0n) is 14.5. The summed E-state index contributed by atoms with van der Waals surface area (Å²) < 4.78 is 19.0. The van der Waals surface area contributed by atoms with Crippen LogP contribution >= 0.6 is 0 Å². The molecule has 0 spiro atoms. The molecule has 0 bridgehead atoms. The molecule has 1 aromatic rings. The summed E-state index contributed by atoms with van der Waals surface area (Å²) in [5.74, 6) is 0. The summed E-state index contributed by atoms with van der Waals surface area (Å²) in [6.45, 7) is 3.54. The summed E-state index contributed by atoms with van der Waals surface area (Å²) in [5.41, 5.74) is 1.25. The van der Waals surface area contributed by atoms with E-state index >= 15 is 0 Å². The zero-order valence-corrected chi connectivity index (χ0v) is 14.5. The monoisotopic (exact) mass is 323 g/mol. The van der Waals surface area contributed by atoms with Crippen molar-refractivity contribution in [1.82, 2.24) is 14.5 Å². The molecule has 1 saturated heterocycles. The Morgan fingerprint density at radius 3 is 2.91 bits per heavy atom. The molecule has 1 saturated carbocycles. The molecule has 2 aliphatic rings. The molecule has 1 aromatic heterocycles. The van der Waals surface area contributed by atoms with E-state index in [4.69, 9.17) is 14.2 Å². The van der Waals surface area contributed by atoms with Crippen molar-refractivity contribution in [2.45, 2.75) is 56.5 Å². The molecular formula is C17H29N3O3. The Morgan fingerprint density at radius 1 is 1.30 bits per heavy atom. The van der Waals surface area contributed by atoms with Crippen LogP contribution in [0.25, 0.3) is 0 Å². The fourth-order valence-corrected chi connectivity index (χ4v) is 4.24. The number of aromatic nitrogens is 2. The smallest absolute Gasteiger partial charge is 0.0949 e. The Bertz CT molecular complexity index is 507. The predicted molar refractivity (Wildman–Crippen MR) is 87.3 cm³/mol. The van der Waals surface area contributed by atoms with Crippen LogP contribution in [0.2, 0.25) is 0 Å². The zero-order chi connectivity index (χ0) is 16.3. The van der Waals surface area contributed by atoms with Crippen molar-refractivity contribution in [2.75, 3.05) is 34.5 Å². The number of likely N-dealkylation sites (tertiary alicyclic amines) is 1. The lowest BCUT2D eigenvalue weighted by atomic mass is 9.79. The predicted octanol–water partition coefficient (Wildman–Crippen LogP) is 1.69. The van der Waals surface area contributed by atoms with Crippen molar-refractivity contribution >= 4 is 0 Å². The third-order valence-corrected chi connectivity index (χ3v) is 5.69. The van der Waals surface area contributed by atoms with Crippen LogP contribution in [0.5, 0.6) is 0 Å². The molecule has 0 aromatic carbocycles. The number of nitrogens with zero attached hydrogens (tertiary/aromatic N) is 3. The first-order chi connectivity index (χ1) is 11.2. The first-order valence-electron chi connectivity index (χ1n) is 8.52. The van der Waals surface area contributed by atoms with E-state index in [-0.39, 0.29) is 5.60 Å². The van der Waals surface area contributed by atoms with Crippen molar-refractivity contribution in [3.63, 3.8) is 0 Å². The molecule has 0 unspecified atom stereocenters. The van der Waals surface area contributed by atoms with Crippen molar-refractivity contribution in [1.29, 1.82) is 0 Å². The highest BCUT2D eigenvalue weighted by Gasteiger charge is 2.51. The minimum Gasteiger partial charge on any atom is -0.383 e. The largest absolute Gasteiger partial charge is 0.383 e. The lowest BCUT2D eigenvalue weighted by Crippen LogP contribution is -2.51. The van der Waals surface area contributed by atoms with Gasteiger partial charge in [0.05, 0.1) is 30.3 Å². The Kier molecular flexibility index (Phi) is 5.36. The number of methoxy groups -OCH3 is 3. The second-order valence-corrected chi connectivity index (χ2v) is 6.71. The average Bonchev–Trinajstić information content (AvgIpc) is 3.18. The van der Waals surface area contributed by atoms with Crippen LogP contribution in [-0.2, 0) is 27.3 Å². The van der Waals surface area contributed by atoms with E-state index in [1.807, 2.05) is 26.7 Å². The van der Waals surface area contributed by atoms with Gasteiger partial charge in [-0.2, -0.15) is 0 Å². The summed E-state index contributed by atoms with van der Waals surface area (Å²) in [4.78, 5) is 6.87. The molecular weight excluding hydrogens is 294 g/mol. The normalized spacial score (nSPS) is 31.4. The van der Waals surface area contributed by atoms with E-state index in [9.17, 15) is 0 Å². The van der Waals surface area contributed by atoms with Gasteiger partial charge in [-0.15, -0.1) is 0 Å². The Hall–Kier alpha value is -0.950. The van der Waals surface area contributed by atoms with Gasteiger partial charge in [-0.25, -0.2) is 4.98 Å². The van der Waals surface area contributed by atoms with Gasteiger partial charge in [-0.1, -0.05) is 0 Å². The van der Waals surface area contributed by atoms with Crippen molar-refractivity contribution in [3.8, 4) is 0 Å². The van der Waals surface area contributed by atoms with E-state index in [0.717, 1.165) is 45.3 Å². The van der Waals surface area contributed by atoms with Gasteiger partial charge in [0.1, 0.15) is 0 Å². The molecule has 1 aliphatic heterocycles. The molecule has 0 amide bonds. The fraction of sp³-hybridized carbons (Fsp3) is 0.824. The maximum Gasteiger partial charge on any atom is 0.0949 e. The third kappa shape index (κ3) is 3.31. The van der Waals surface area contributed by atoms with Crippen LogP contribution in [-0.4, -0.2) is 66.7 Å². The van der Waals surface area contributed by atoms with E-state index < -0.39 is 0 Å². The minimum atomic E-state index is 0.00636. The lowest BCUT2D eigenvalue weighted by molar-refractivity contribution is -0.0949. The molecule has 6 nitrogen and oxygen atoms in total. The topological polar surface area (TPSA) is 48.8 Å². The van der Waals surface area contributed by atoms with Crippen LogP contribution < -0.4 is 0 Å². The standard InChI is InChI=1S/C17H29N3O3/c1-21-9-8-20-13-18-11-14(20)12-19-7-6-17(23-3)5-4-15(22-2)10-16(17)19/h11,13,15-16H,4-10,12H2,1-3H3/t15-,16-,17+/m0/s1. The second kappa shape index (κ2) is 7.30. The van der Waals surface area contributed by atoms with Gasteiger partial charge in [0, 0.05) is 53.2 Å². The minimum absolute atomic E-state index is 0.00636. The van der Waals surface area contributed by atoms with Crippen LogP contribution in [0.15, 0.2) is 12.5 Å². The van der Waals surface area contributed by atoms with Gasteiger partial charge in [0.25, 0.3) is 0 Å². The maximum absolute atomic E-state index is 6.00. The molecule has 0 radical (unpaired) electrons. The summed E-state index contributed by atoms with van der Waals surface area (Å²) in [7, 11) is 5.42. The van der Waals surface area contributed by atoms with Crippen molar-refractivity contribution < 1.29 is 14.2 Å². The first-order valence-corrected chi connectivity index (χ1v) is 8.52. The van der Waals surface area contributed by atoms with E-state index in [1.165, 1.54) is 5.69 Å². The Labute approximate surface area is 138 Å². The molecule has 23 heavy (non-hydrogen) atoms. The van der Waals surface area contributed by atoms with Gasteiger partial charge in [-0.05, 0) is 25.7 Å². The Morgan fingerprint density at radius 2 is 2.17 bits per heavy atom. The van der Waals surface area contributed by atoms with E-state index in [1.54, 1.807) is 7.11 Å². The molecule has 3 rings (SSSR count). The highest BCUT2D eigenvalue weighted by Crippen LogP contribution is 2.43. The third-order valence-electron chi connectivity index (χ3n) is 5.69. The van der Waals surface area contributed by atoms with Gasteiger partial charge in [0.2, 0.25) is 0 Å². The molecule has 1 aliphatic carbocycles. The number of hydrogen-bond acceptors (Lipinski definition) is 5. The van der Waals surface area contributed by atoms with Crippen molar-refractivity contribution in [2.24, 2.45) is 0 Å². The maximum atomic E-state index is 6.00. The molecule has 0 N–H and O–H groups in total. The number of hydrogen-bond donors (Lipinski definition) is 0. The first kappa shape index (κ1) is 16.9. The number of imidazole rings is 1. The van der Waals surface area contributed by atoms with Crippen LogP contribution in [0.1, 0.15) is 31.4 Å². The molecule has 3 atom stereocenters. The van der Waals surface area contributed by atoms with Gasteiger partial charge in [0.15, 0.2) is 0 Å². The molecule has 2 heterocycles. The molecule has 130 valence electrons. The quantitative estimate of drug-likeness (QED) is 0.764. The summed E-state index contributed by atoms with van der Waals surface area (Å²) in [5, 5.41) is 0. The van der Waals surface area contributed by atoms with Crippen LogP contribution in [0, 0.1) is 0 Å². The highest BCUT2D eigenvalue weighted by atomic mass is 16.5. The van der Waals surface area contributed by atoms with E-state index in [0.29, 0.717) is 18.8 Å².